The standard InChI is InChI=1S/C17H26O2/c1-12-9-13(2)15(14(10-12)19-5)17(18)8-6-7-16(3,4)11-17/h9-10,18H,6-8,11H2,1-5H3. The van der Waals surface area contributed by atoms with Crippen LogP contribution in [0.2, 0.25) is 0 Å². The van der Waals surface area contributed by atoms with Crippen LogP contribution in [0.15, 0.2) is 12.1 Å². The van der Waals surface area contributed by atoms with Crippen LogP contribution in [-0.4, -0.2) is 12.2 Å². The molecule has 2 rings (SSSR count). The first kappa shape index (κ1) is 14.4. The van der Waals surface area contributed by atoms with Gasteiger partial charge in [0.15, 0.2) is 0 Å². The van der Waals surface area contributed by atoms with E-state index in [4.69, 9.17) is 4.74 Å². The van der Waals surface area contributed by atoms with E-state index in [0.717, 1.165) is 36.1 Å². The van der Waals surface area contributed by atoms with E-state index in [0.29, 0.717) is 0 Å². The van der Waals surface area contributed by atoms with Crippen molar-refractivity contribution in [1.82, 2.24) is 0 Å². The van der Waals surface area contributed by atoms with E-state index in [2.05, 4.69) is 33.8 Å². The molecule has 0 amide bonds. The zero-order valence-electron chi connectivity index (χ0n) is 12.8. The van der Waals surface area contributed by atoms with E-state index in [1.807, 2.05) is 6.07 Å². The van der Waals surface area contributed by atoms with Crippen LogP contribution in [0.4, 0.5) is 0 Å². The number of aryl methyl sites for hydroxylation is 2. The van der Waals surface area contributed by atoms with Crippen molar-refractivity contribution >= 4 is 0 Å². The third-order valence-electron chi connectivity index (χ3n) is 4.34. The molecule has 0 saturated heterocycles. The highest BCUT2D eigenvalue weighted by molar-refractivity contribution is 5.47. The van der Waals surface area contributed by atoms with Crippen LogP contribution in [0.25, 0.3) is 0 Å². The highest BCUT2D eigenvalue weighted by Crippen LogP contribution is 2.49. The van der Waals surface area contributed by atoms with Gasteiger partial charge in [-0.1, -0.05) is 19.9 Å². The van der Waals surface area contributed by atoms with Gasteiger partial charge in [-0.15, -0.1) is 0 Å². The molecule has 1 atom stereocenters. The van der Waals surface area contributed by atoms with Crippen LogP contribution in [0.1, 0.15) is 56.2 Å². The van der Waals surface area contributed by atoms with Gasteiger partial charge in [-0.3, -0.25) is 0 Å². The minimum absolute atomic E-state index is 0.190. The first-order valence-electron chi connectivity index (χ1n) is 7.15. The molecule has 0 heterocycles. The van der Waals surface area contributed by atoms with Gasteiger partial charge in [0.1, 0.15) is 5.75 Å². The molecule has 0 aliphatic heterocycles. The molecule has 1 fully saturated rings. The van der Waals surface area contributed by atoms with E-state index in [-0.39, 0.29) is 5.41 Å². The Morgan fingerprint density at radius 2 is 1.84 bits per heavy atom. The van der Waals surface area contributed by atoms with Crippen molar-refractivity contribution < 1.29 is 9.84 Å². The lowest BCUT2D eigenvalue weighted by atomic mass is 9.66. The summed E-state index contributed by atoms with van der Waals surface area (Å²) in [7, 11) is 1.69. The second-order valence-electron chi connectivity index (χ2n) is 6.89. The van der Waals surface area contributed by atoms with Crippen molar-refractivity contribution in [2.75, 3.05) is 7.11 Å². The van der Waals surface area contributed by atoms with E-state index in [9.17, 15) is 5.11 Å². The Balaban J connectivity index is 2.51. The first-order chi connectivity index (χ1) is 8.77. The number of hydrogen-bond acceptors (Lipinski definition) is 2. The summed E-state index contributed by atoms with van der Waals surface area (Å²) in [5.41, 5.74) is 2.75. The van der Waals surface area contributed by atoms with E-state index in [1.54, 1.807) is 7.11 Å². The molecule has 106 valence electrons. The van der Waals surface area contributed by atoms with Gasteiger partial charge in [-0.05, 0) is 62.1 Å². The van der Waals surface area contributed by atoms with Crippen molar-refractivity contribution in [3.8, 4) is 5.75 Å². The van der Waals surface area contributed by atoms with Gasteiger partial charge in [-0.2, -0.15) is 0 Å². The molecule has 0 bridgehead atoms. The fourth-order valence-electron chi connectivity index (χ4n) is 3.73. The van der Waals surface area contributed by atoms with Crippen molar-refractivity contribution in [3.05, 3.63) is 28.8 Å². The van der Waals surface area contributed by atoms with Crippen molar-refractivity contribution in [3.63, 3.8) is 0 Å². The Morgan fingerprint density at radius 3 is 2.42 bits per heavy atom. The minimum Gasteiger partial charge on any atom is -0.496 e. The average molecular weight is 262 g/mol. The summed E-state index contributed by atoms with van der Waals surface area (Å²) in [5.74, 6) is 0.831. The molecule has 19 heavy (non-hydrogen) atoms. The molecular formula is C17H26O2. The van der Waals surface area contributed by atoms with Gasteiger partial charge in [0.25, 0.3) is 0 Å². The van der Waals surface area contributed by atoms with E-state index >= 15 is 0 Å². The second kappa shape index (κ2) is 4.82. The van der Waals surface area contributed by atoms with Crippen molar-refractivity contribution in [2.24, 2.45) is 5.41 Å². The van der Waals surface area contributed by atoms with Crippen LogP contribution in [0.5, 0.6) is 5.75 Å². The van der Waals surface area contributed by atoms with Crippen molar-refractivity contribution in [2.45, 2.75) is 59.0 Å². The van der Waals surface area contributed by atoms with E-state index < -0.39 is 5.60 Å². The quantitative estimate of drug-likeness (QED) is 0.869. The topological polar surface area (TPSA) is 29.5 Å². The number of rotatable bonds is 2. The van der Waals surface area contributed by atoms with Crippen LogP contribution in [0.3, 0.4) is 0 Å². The largest absolute Gasteiger partial charge is 0.496 e. The molecule has 0 spiro atoms. The Bertz CT molecular complexity index is 476. The Morgan fingerprint density at radius 1 is 1.16 bits per heavy atom. The summed E-state index contributed by atoms with van der Waals surface area (Å²) in [6, 6.07) is 4.17. The molecule has 1 aromatic carbocycles. The lowest BCUT2D eigenvalue weighted by molar-refractivity contribution is -0.0459. The third-order valence-corrected chi connectivity index (χ3v) is 4.34. The monoisotopic (exact) mass is 262 g/mol. The molecule has 1 aromatic rings. The minimum atomic E-state index is -0.745. The predicted octanol–water partition coefficient (Wildman–Crippen LogP) is 4.10. The summed E-state index contributed by atoms with van der Waals surface area (Å²) >= 11 is 0. The second-order valence-corrected chi connectivity index (χ2v) is 6.89. The number of hydrogen-bond donors (Lipinski definition) is 1. The molecule has 1 aliphatic carbocycles. The molecule has 0 radical (unpaired) electrons. The highest BCUT2D eigenvalue weighted by Gasteiger charge is 2.42. The summed E-state index contributed by atoms with van der Waals surface area (Å²) in [4.78, 5) is 0. The van der Waals surface area contributed by atoms with Gasteiger partial charge in [0.2, 0.25) is 0 Å². The van der Waals surface area contributed by atoms with Crippen LogP contribution in [-0.2, 0) is 5.60 Å². The van der Waals surface area contributed by atoms with Crippen LogP contribution >= 0.6 is 0 Å². The SMILES string of the molecule is COc1cc(C)cc(C)c1C1(O)CCCC(C)(C)C1. The zero-order chi connectivity index (χ0) is 14.3. The van der Waals surface area contributed by atoms with Gasteiger partial charge < -0.3 is 9.84 Å². The maximum absolute atomic E-state index is 11.2. The van der Waals surface area contributed by atoms with Gasteiger partial charge in [0, 0.05) is 5.56 Å². The molecular weight excluding hydrogens is 236 g/mol. The van der Waals surface area contributed by atoms with Crippen LogP contribution < -0.4 is 4.74 Å². The third kappa shape index (κ3) is 2.79. The van der Waals surface area contributed by atoms with E-state index in [1.165, 1.54) is 12.0 Å². The number of methoxy groups -OCH3 is 1. The molecule has 1 N–H and O–H groups in total. The van der Waals surface area contributed by atoms with Gasteiger partial charge in [-0.25, -0.2) is 0 Å². The maximum Gasteiger partial charge on any atom is 0.125 e. The summed E-state index contributed by atoms with van der Waals surface area (Å²) in [5, 5.41) is 11.2. The molecule has 1 aliphatic rings. The Labute approximate surface area is 116 Å². The maximum atomic E-state index is 11.2. The molecule has 1 unspecified atom stereocenters. The summed E-state index contributed by atoms with van der Waals surface area (Å²) in [6.07, 6.45) is 3.89. The predicted molar refractivity (Wildman–Crippen MR) is 78.6 cm³/mol. The Hall–Kier alpha value is -1.02. The fourth-order valence-corrected chi connectivity index (χ4v) is 3.73. The fraction of sp³-hybridized carbons (Fsp3) is 0.647. The molecule has 2 nitrogen and oxygen atoms in total. The lowest BCUT2D eigenvalue weighted by Crippen LogP contribution is -2.37. The van der Waals surface area contributed by atoms with Crippen LogP contribution in [0, 0.1) is 19.3 Å². The summed E-state index contributed by atoms with van der Waals surface area (Å²) in [6.45, 7) is 8.62. The van der Waals surface area contributed by atoms with Gasteiger partial charge in [0.05, 0.1) is 12.7 Å². The highest BCUT2D eigenvalue weighted by atomic mass is 16.5. The number of aliphatic hydroxyl groups is 1. The number of benzene rings is 1. The molecule has 0 aromatic heterocycles. The first-order valence-corrected chi connectivity index (χ1v) is 7.15. The lowest BCUT2D eigenvalue weighted by Gasteiger charge is -2.43. The number of ether oxygens (including phenoxy) is 1. The normalized spacial score (nSPS) is 26.2. The smallest absolute Gasteiger partial charge is 0.125 e. The average Bonchev–Trinajstić information content (AvgIpc) is 2.25. The molecule has 2 heteroatoms. The molecule has 1 saturated carbocycles. The Kier molecular flexibility index (Phi) is 3.65. The summed E-state index contributed by atoms with van der Waals surface area (Å²) < 4.78 is 5.53. The van der Waals surface area contributed by atoms with Crippen molar-refractivity contribution in [1.29, 1.82) is 0 Å². The van der Waals surface area contributed by atoms with Gasteiger partial charge >= 0.3 is 0 Å². The zero-order valence-corrected chi connectivity index (χ0v) is 12.8.